The highest BCUT2D eigenvalue weighted by atomic mass is 32.2. The van der Waals surface area contributed by atoms with E-state index in [0.29, 0.717) is 13.2 Å². The molecule has 6 heteroatoms. The quantitative estimate of drug-likeness (QED) is 0.623. The van der Waals surface area contributed by atoms with E-state index in [0.717, 1.165) is 6.42 Å². The highest BCUT2D eigenvalue weighted by Gasteiger charge is 2.27. The third-order valence-electron chi connectivity index (χ3n) is 2.39. The van der Waals surface area contributed by atoms with E-state index in [2.05, 4.69) is 5.32 Å². The molecule has 5 nitrogen and oxygen atoms in total. The maximum atomic E-state index is 11.7. The summed E-state index contributed by atoms with van der Waals surface area (Å²) in [7, 11) is 1.61. The minimum absolute atomic E-state index is 0.00348. The summed E-state index contributed by atoms with van der Waals surface area (Å²) >= 11 is 1.19. The number of amides is 1. The van der Waals surface area contributed by atoms with Gasteiger partial charge in [0.15, 0.2) is 0 Å². The van der Waals surface area contributed by atoms with E-state index in [1.807, 2.05) is 13.8 Å². The molecule has 0 heterocycles. The van der Waals surface area contributed by atoms with Crippen LogP contribution in [-0.4, -0.2) is 47.7 Å². The van der Waals surface area contributed by atoms with Gasteiger partial charge in [-0.05, 0) is 19.3 Å². The number of hydrogen-bond acceptors (Lipinski definition) is 4. The van der Waals surface area contributed by atoms with Gasteiger partial charge in [-0.1, -0.05) is 13.8 Å². The van der Waals surface area contributed by atoms with E-state index in [9.17, 15) is 9.59 Å². The van der Waals surface area contributed by atoms with Gasteiger partial charge in [0.05, 0.1) is 5.25 Å². The number of nitrogens with one attached hydrogen (secondary N) is 1. The van der Waals surface area contributed by atoms with Gasteiger partial charge >= 0.3 is 5.97 Å². The zero-order valence-electron chi connectivity index (χ0n) is 11.4. The standard InChI is InChI=1S/C12H23NO4S/c1-8(2)10(12(15)16)18-9(3)11(14)13-6-5-7-17-4/h8-10H,5-7H2,1-4H3,(H,13,14)(H,15,16). The summed E-state index contributed by atoms with van der Waals surface area (Å²) in [4.78, 5) is 22.8. The number of carbonyl (C=O) groups excluding carboxylic acids is 1. The average molecular weight is 277 g/mol. The van der Waals surface area contributed by atoms with E-state index in [1.54, 1.807) is 14.0 Å². The maximum absolute atomic E-state index is 11.7. The fraction of sp³-hybridized carbons (Fsp3) is 0.833. The van der Waals surface area contributed by atoms with E-state index in [-0.39, 0.29) is 17.1 Å². The number of aliphatic carboxylic acids is 1. The molecule has 0 aliphatic heterocycles. The molecule has 106 valence electrons. The van der Waals surface area contributed by atoms with Crippen LogP contribution >= 0.6 is 11.8 Å². The molecule has 0 fully saturated rings. The Morgan fingerprint density at radius 3 is 2.39 bits per heavy atom. The number of ether oxygens (including phenoxy) is 1. The number of carboxylic acid groups (broad SMARTS) is 1. The molecular weight excluding hydrogens is 254 g/mol. The van der Waals surface area contributed by atoms with Crippen molar-refractivity contribution < 1.29 is 19.4 Å². The van der Waals surface area contributed by atoms with Crippen LogP contribution in [0.4, 0.5) is 0 Å². The Kier molecular flexibility index (Phi) is 8.83. The van der Waals surface area contributed by atoms with Gasteiger partial charge in [0.25, 0.3) is 0 Å². The van der Waals surface area contributed by atoms with Crippen LogP contribution in [0.5, 0.6) is 0 Å². The predicted octanol–water partition coefficient (Wildman–Crippen LogP) is 1.37. The van der Waals surface area contributed by atoms with Gasteiger partial charge in [0, 0.05) is 20.3 Å². The minimum atomic E-state index is -0.867. The zero-order chi connectivity index (χ0) is 14.1. The van der Waals surface area contributed by atoms with Gasteiger partial charge in [-0.25, -0.2) is 0 Å². The molecule has 0 rings (SSSR count). The number of hydrogen-bond donors (Lipinski definition) is 2. The molecule has 0 radical (unpaired) electrons. The van der Waals surface area contributed by atoms with Crippen molar-refractivity contribution in [1.82, 2.24) is 5.32 Å². The van der Waals surface area contributed by atoms with Crippen molar-refractivity contribution >= 4 is 23.6 Å². The first-order chi connectivity index (χ1) is 8.40. The number of carbonyl (C=O) groups is 2. The van der Waals surface area contributed by atoms with E-state index in [1.165, 1.54) is 11.8 Å². The minimum Gasteiger partial charge on any atom is -0.480 e. The zero-order valence-corrected chi connectivity index (χ0v) is 12.3. The largest absolute Gasteiger partial charge is 0.480 e. The highest BCUT2D eigenvalue weighted by molar-refractivity contribution is 8.01. The van der Waals surface area contributed by atoms with Crippen molar-refractivity contribution in [2.45, 2.75) is 37.7 Å². The van der Waals surface area contributed by atoms with Crippen LogP contribution in [0.25, 0.3) is 0 Å². The van der Waals surface area contributed by atoms with Crippen molar-refractivity contribution in [3.05, 3.63) is 0 Å². The molecule has 0 spiro atoms. The maximum Gasteiger partial charge on any atom is 0.316 e. The van der Waals surface area contributed by atoms with Crippen molar-refractivity contribution in [3.63, 3.8) is 0 Å². The fourth-order valence-electron chi connectivity index (χ4n) is 1.35. The molecule has 0 aromatic heterocycles. The normalized spacial score (nSPS) is 14.3. The Labute approximate surface area is 113 Å². The molecule has 0 aromatic rings. The van der Waals surface area contributed by atoms with Gasteiger partial charge in [0.1, 0.15) is 5.25 Å². The Morgan fingerprint density at radius 2 is 1.94 bits per heavy atom. The summed E-state index contributed by atoms with van der Waals surface area (Å²) in [5.74, 6) is -0.992. The van der Waals surface area contributed by atoms with E-state index >= 15 is 0 Å². The Morgan fingerprint density at radius 1 is 1.33 bits per heavy atom. The second-order valence-electron chi connectivity index (χ2n) is 4.42. The van der Waals surface area contributed by atoms with Crippen LogP contribution in [0, 0.1) is 5.92 Å². The Bertz CT molecular complexity index is 271. The first kappa shape index (κ1) is 17.2. The lowest BCUT2D eigenvalue weighted by atomic mass is 10.1. The lowest BCUT2D eigenvalue weighted by Gasteiger charge is -2.19. The second kappa shape index (κ2) is 9.22. The highest BCUT2D eigenvalue weighted by Crippen LogP contribution is 2.24. The Balaban J connectivity index is 4.09. The van der Waals surface area contributed by atoms with Gasteiger partial charge < -0.3 is 15.2 Å². The first-order valence-electron chi connectivity index (χ1n) is 6.05. The summed E-state index contributed by atoms with van der Waals surface area (Å²) in [6, 6.07) is 0. The molecule has 2 unspecified atom stereocenters. The van der Waals surface area contributed by atoms with Crippen LogP contribution in [-0.2, 0) is 14.3 Å². The predicted molar refractivity (Wildman–Crippen MR) is 72.8 cm³/mol. The van der Waals surface area contributed by atoms with Crippen molar-refractivity contribution in [2.75, 3.05) is 20.3 Å². The van der Waals surface area contributed by atoms with Gasteiger partial charge in [-0.3, -0.25) is 9.59 Å². The lowest BCUT2D eigenvalue weighted by Crippen LogP contribution is -2.35. The lowest BCUT2D eigenvalue weighted by molar-refractivity contribution is -0.137. The number of thioether (sulfide) groups is 1. The van der Waals surface area contributed by atoms with Crippen molar-refractivity contribution in [1.29, 1.82) is 0 Å². The van der Waals surface area contributed by atoms with Crippen LogP contribution < -0.4 is 5.32 Å². The Hall–Kier alpha value is -0.750. The molecule has 0 aliphatic carbocycles. The number of rotatable bonds is 9. The van der Waals surface area contributed by atoms with E-state index < -0.39 is 11.2 Å². The molecular formula is C12H23NO4S. The third-order valence-corrected chi connectivity index (χ3v) is 4.05. The number of carboxylic acids is 1. The molecule has 18 heavy (non-hydrogen) atoms. The SMILES string of the molecule is COCCCNC(=O)C(C)SC(C(=O)O)C(C)C. The monoisotopic (exact) mass is 277 g/mol. The summed E-state index contributed by atoms with van der Waals surface area (Å²) in [5.41, 5.74) is 0. The average Bonchev–Trinajstić information content (AvgIpc) is 2.30. The second-order valence-corrected chi connectivity index (χ2v) is 5.91. The van der Waals surface area contributed by atoms with Crippen LogP contribution in [0.15, 0.2) is 0 Å². The van der Waals surface area contributed by atoms with Gasteiger partial charge in [-0.15, -0.1) is 11.8 Å². The summed E-state index contributed by atoms with van der Waals surface area (Å²) in [6.07, 6.45) is 0.756. The molecule has 0 aromatic carbocycles. The van der Waals surface area contributed by atoms with Gasteiger partial charge in [-0.2, -0.15) is 0 Å². The van der Waals surface area contributed by atoms with Crippen molar-refractivity contribution in [3.8, 4) is 0 Å². The van der Waals surface area contributed by atoms with Crippen LogP contribution in [0.3, 0.4) is 0 Å². The molecule has 0 aliphatic rings. The fourth-order valence-corrected chi connectivity index (χ4v) is 2.43. The van der Waals surface area contributed by atoms with Crippen LogP contribution in [0.2, 0.25) is 0 Å². The summed E-state index contributed by atoms with van der Waals surface area (Å²) < 4.78 is 4.88. The first-order valence-corrected chi connectivity index (χ1v) is 6.99. The van der Waals surface area contributed by atoms with Crippen molar-refractivity contribution in [2.24, 2.45) is 5.92 Å². The summed E-state index contributed by atoms with van der Waals surface area (Å²) in [5, 5.41) is 10.9. The molecule has 1 amide bonds. The summed E-state index contributed by atoms with van der Waals surface area (Å²) in [6.45, 7) is 6.57. The van der Waals surface area contributed by atoms with Gasteiger partial charge in [0.2, 0.25) is 5.91 Å². The molecule has 2 N–H and O–H groups in total. The topological polar surface area (TPSA) is 75.6 Å². The molecule has 0 saturated carbocycles. The molecule has 0 saturated heterocycles. The smallest absolute Gasteiger partial charge is 0.316 e. The van der Waals surface area contributed by atoms with E-state index in [4.69, 9.17) is 9.84 Å². The molecule has 0 bridgehead atoms. The third kappa shape index (κ3) is 6.86. The molecule has 2 atom stereocenters. The van der Waals surface area contributed by atoms with Crippen LogP contribution in [0.1, 0.15) is 27.2 Å². The number of methoxy groups -OCH3 is 1.